The second kappa shape index (κ2) is 8.84. The summed E-state index contributed by atoms with van der Waals surface area (Å²) < 4.78 is 5.86. The molecule has 0 saturated heterocycles. The molecule has 0 spiro atoms. The number of carboxylic acid groups (broad SMARTS) is 1. The Morgan fingerprint density at radius 3 is 2.48 bits per heavy atom. The molecule has 1 heterocycles. The summed E-state index contributed by atoms with van der Waals surface area (Å²) in [6.07, 6.45) is 2.48. The third kappa shape index (κ3) is 5.92. The van der Waals surface area contributed by atoms with Crippen molar-refractivity contribution < 1.29 is 23.9 Å². The minimum absolute atomic E-state index is 0.0397. The number of amides is 2. The van der Waals surface area contributed by atoms with Crippen LogP contribution >= 0.6 is 15.9 Å². The van der Waals surface area contributed by atoms with Gasteiger partial charge in [-0.1, -0.05) is 28.1 Å². The first-order valence-corrected chi connectivity index (χ1v) is 8.05. The number of carbonyl (C=O) groups is 3. The van der Waals surface area contributed by atoms with Crippen LogP contribution in [0.2, 0.25) is 0 Å². The number of hydrogen-bond acceptors (Lipinski definition) is 5. The van der Waals surface area contributed by atoms with Gasteiger partial charge in [-0.2, -0.15) is 0 Å². The Morgan fingerprint density at radius 1 is 1.16 bits per heavy atom. The van der Waals surface area contributed by atoms with E-state index in [0.29, 0.717) is 5.56 Å². The number of nitrogens with one attached hydrogen (secondary N) is 2. The highest BCUT2D eigenvalue weighted by molar-refractivity contribution is 9.10. The SMILES string of the molecule is O=C([O-])CCNC(=O)/C(=C\c1ccc(Br)cc1)NC(=O)c1ccco1. The Labute approximate surface area is 151 Å². The van der Waals surface area contributed by atoms with E-state index < -0.39 is 17.8 Å². The molecule has 0 aliphatic heterocycles. The topological polar surface area (TPSA) is 111 Å². The summed E-state index contributed by atoms with van der Waals surface area (Å²) in [6.45, 7) is -0.116. The van der Waals surface area contributed by atoms with E-state index >= 15 is 0 Å². The summed E-state index contributed by atoms with van der Waals surface area (Å²) in [5.74, 6) is -2.45. The van der Waals surface area contributed by atoms with Crippen LogP contribution in [0.5, 0.6) is 0 Å². The highest BCUT2D eigenvalue weighted by Gasteiger charge is 2.16. The van der Waals surface area contributed by atoms with Crippen LogP contribution < -0.4 is 15.7 Å². The van der Waals surface area contributed by atoms with Crippen LogP contribution in [0.3, 0.4) is 0 Å². The van der Waals surface area contributed by atoms with Gasteiger partial charge in [0.15, 0.2) is 5.76 Å². The quantitative estimate of drug-likeness (QED) is 0.669. The summed E-state index contributed by atoms with van der Waals surface area (Å²) in [5, 5.41) is 15.3. The molecule has 0 saturated carbocycles. The first-order valence-electron chi connectivity index (χ1n) is 7.26. The molecule has 2 N–H and O–H groups in total. The van der Waals surface area contributed by atoms with E-state index in [-0.39, 0.29) is 24.4 Å². The second-order valence-corrected chi connectivity index (χ2v) is 5.83. The lowest BCUT2D eigenvalue weighted by Crippen LogP contribution is -2.37. The molecule has 2 rings (SSSR count). The lowest BCUT2D eigenvalue weighted by Gasteiger charge is -2.10. The standard InChI is InChI=1S/C17H15BrN2O5/c18-12-5-3-11(4-6-12)10-13(16(23)19-8-7-15(21)22)20-17(24)14-2-1-9-25-14/h1-6,9-10H,7-8H2,(H,19,23)(H,20,24)(H,21,22)/p-1/b13-10+. The van der Waals surface area contributed by atoms with Crippen molar-refractivity contribution in [3.8, 4) is 0 Å². The van der Waals surface area contributed by atoms with Crippen molar-refractivity contribution in [2.75, 3.05) is 6.54 Å². The minimum atomic E-state index is -1.28. The fourth-order valence-electron chi connectivity index (χ4n) is 1.85. The lowest BCUT2D eigenvalue weighted by atomic mass is 10.2. The van der Waals surface area contributed by atoms with E-state index in [1.165, 1.54) is 18.4 Å². The minimum Gasteiger partial charge on any atom is -0.550 e. The molecule has 0 atom stereocenters. The van der Waals surface area contributed by atoms with Crippen molar-refractivity contribution in [1.82, 2.24) is 10.6 Å². The molecular formula is C17H14BrN2O5-. The largest absolute Gasteiger partial charge is 0.550 e. The van der Waals surface area contributed by atoms with Gasteiger partial charge >= 0.3 is 0 Å². The molecule has 1 aromatic carbocycles. The highest BCUT2D eigenvalue weighted by atomic mass is 79.9. The van der Waals surface area contributed by atoms with Crippen LogP contribution in [0.15, 0.2) is 57.2 Å². The van der Waals surface area contributed by atoms with Crippen LogP contribution in [-0.2, 0) is 9.59 Å². The van der Waals surface area contributed by atoms with Gasteiger partial charge in [0.1, 0.15) is 5.70 Å². The molecular weight excluding hydrogens is 392 g/mol. The Kier molecular flexibility index (Phi) is 6.53. The summed E-state index contributed by atoms with van der Waals surface area (Å²) >= 11 is 3.31. The summed E-state index contributed by atoms with van der Waals surface area (Å²) in [6, 6.07) is 10.1. The van der Waals surface area contributed by atoms with Gasteiger partial charge in [-0.25, -0.2) is 0 Å². The predicted octanol–water partition coefficient (Wildman–Crippen LogP) is 1.07. The molecule has 0 radical (unpaired) electrons. The van der Waals surface area contributed by atoms with E-state index in [1.54, 1.807) is 30.3 Å². The molecule has 8 heteroatoms. The number of aliphatic carboxylic acids is 1. The van der Waals surface area contributed by atoms with Crippen molar-refractivity contribution in [1.29, 1.82) is 0 Å². The zero-order valence-electron chi connectivity index (χ0n) is 13.0. The van der Waals surface area contributed by atoms with Gasteiger partial charge in [-0.3, -0.25) is 9.59 Å². The molecule has 2 aromatic rings. The number of halogens is 1. The Morgan fingerprint density at radius 2 is 1.88 bits per heavy atom. The number of furan rings is 1. The van der Waals surface area contributed by atoms with Crippen LogP contribution in [0, 0.1) is 0 Å². The normalized spacial score (nSPS) is 11.0. The number of benzene rings is 1. The first kappa shape index (κ1) is 18.5. The lowest BCUT2D eigenvalue weighted by molar-refractivity contribution is -0.305. The molecule has 0 aliphatic carbocycles. The molecule has 130 valence electrons. The predicted molar refractivity (Wildman–Crippen MR) is 90.9 cm³/mol. The van der Waals surface area contributed by atoms with Gasteiger partial charge in [0.05, 0.1) is 6.26 Å². The van der Waals surface area contributed by atoms with E-state index in [9.17, 15) is 19.5 Å². The average molecular weight is 406 g/mol. The van der Waals surface area contributed by atoms with Crippen LogP contribution in [0.4, 0.5) is 0 Å². The molecule has 0 fully saturated rings. The van der Waals surface area contributed by atoms with Gasteiger partial charge in [0.2, 0.25) is 0 Å². The van der Waals surface area contributed by atoms with Crippen LogP contribution in [0.25, 0.3) is 6.08 Å². The smallest absolute Gasteiger partial charge is 0.291 e. The fraction of sp³-hybridized carbons (Fsp3) is 0.118. The summed E-state index contributed by atoms with van der Waals surface area (Å²) in [4.78, 5) is 34.8. The summed E-state index contributed by atoms with van der Waals surface area (Å²) in [5.41, 5.74) is 0.634. The molecule has 2 amide bonds. The molecule has 25 heavy (non-hydrogen) atoms. The van der Waals surface area contributed by atoms with Crippen molar-refractivity contribution in [2.45, 2.75) is 6.42 Å². The zero-order chi connectivity index (χ0) is 18.2. The van der Waals surface area contributed by atoms with E-state index in [2.05, 4.69) is 26.6 Å². The van der Waals surface area contributed by atoms with Crippen molar-refractivity contribution in [3.05, 3.63) is 64.2 Å². The number of carboxylic acids is 1. The monoisotopic (exact) mass is 405 g/mol. The second-order valence-electron chi connectivity index (χ2n) is 4.92. The molecule has 0 unspecified atom stereocenters. The Balaban J connectivity index is 2.17. The van der Waals surface area contributed by atoms with Crippen molar-refractivity contribution in [2.24, 2.45) is 0 Å². The number of rotatable bonds is 7. The van der Waals surface area contributed by atoms with E-state index in [1.807, 2.05) is 0 Å². The first-order chi connectivity index (χ1) is 12.0. The summed E-state index contributed by atoms with van der Waals surface area (Å²) in [7, 11) is 0. The van der Waals surface area contributed by atoms with Gasteiger partial charge in [-0.05, 0) is 35.9 Å². The van der Waals surface area contributed by atoms with Gasteiger partial charge in [-0.15, -0.1) is 0 Å². The average Bonchev–Trinajstić information content (AvgIpc) is 3.10. The molecule has 7 nitrogen and oxygen atoms in total. The van der Waals surface area contributed by atoms with Crippen LogP contribution in [-0.4, -0.2) is 24.3 Å². The highest BCUT2D eigenvalue weighted by Crippen LogP contribution is 2.13. The van der Waals surface area contributed by atoms with E-state index in [4.69, 9.17) is 4.42 Å². The molecule has 0 bridgehead atoms. The maximum absolute atomic E-state index is 12.3. The molecule has 0 aliphatic rings. The Bertz CT molecular complexity index is 782. The van der Waals surface area contributed by atoms with Gasteiger partial charge in [0, 0.05) is 23.4 Å². The maximum atomic E-state index is 12.3. The van der Waals surface area contributed by atoms with Crippen molar-refractivity contribution >= 4 is 39.8 Å². The third-order valence-corrected chi connectivity index (χ3v) is 3.56. The van der Waals surface area contributed by atoms with Crippen molar-refractivity contribution in [3.63, 3.8) is 0 Å². The molecule has 1 aromatic heterocycles. The number of carbonyl (C=O) groups excluding carboxylic acids is 3. The van der Waals surface area contributed by atoms with Gasteiger partial charge < -0.3 is 25.0 Å². The van der Waals surface area contributed by atoms with Crippen LogP contribution in [0.1, 0.15) is 22.5 Å². The maximum Gasteiger partial charge on any atom is 0.291 e. The fourth-order valence-corrected chi connectivity index (χ4v) is 2.11. The van der Waals surface area contributed by atoms with E-state index in [0.717, 1.165) is 4.47 Å². The Hall–Kier alpha value is -2.87. The van der Waals surface area contributed by atoms with Gasteiger partial charge in [0.25, 0.3) is 11.8 Å². The third-order valence-electron chi connectivity index (χ3n) is 3.03. The number of hydrogen-bond donors (Lipinski definition) is 2. The zero-order valence-corrected chi connectivity index (χ0v) is 14.5.